The second-order valence-corrected chi connectivity index (χ2v) is 8.40. The molecule has 136 valence electrons. The number of hydrogen-bond donors (Lipinski definition) is 1. The molecule has 1 aromatic carbocycles. The number of sulfonamides is 1. The first-order valence-electron chi connectivity index (χ1n) is 8.52. The van der Waals surface area contributed by atoms with E-state index in [1.54, 1.807) is 17.1 Å². The van der Waals surface area contributed by atoms with Crippen molar-refractivity contribution in [1.82, 2.24) is 9.78 Å². The summed E-state index contributed by atoms with van der Waals surface area (Å²) in [5.41, 5.74) is 3.97. The van der Waals surface area contributed by atoms with Crippen molar-refractivity contribution in [1.29, 1.82) is 0 Å². The van der Waals surface area contributed by atoms with E-state index < -0.39 is 10.0 Å². The van der Waals surface area contributed by atoms with Crippen molar-refractivity contribution >= 4 is 15.7 Å². The minimum Gasteiger partial charge on any atom is -0.376 e. The summed E-state index contributed by atoms with van der Waals surface area (Å²) >= 11 is 0. The second kappa shape index (κ2) is 6.80. The number of ether oxygens (including phenoxy) is 1. The van der Waals surface area contributed by atoms with Gasteiger partial charge in [-0.1, -0.05) is 6.07 Å². The van der Waals surface area contributed by atoms with E-state index in [1.807, 2.05) is 33.8 Å². The van der Waals surface area contributed by atoms with Gasteiger partial charge < -0.3 is 4.74 Å². The number of nitrogens with zero attached hydrogens (tertiary/aromatic N) is 2. The molecule has 2 heterocycles. The summed E-state index contributed by atoms with van der Waals surface area (Å²) in [5.74, 6) is 0. The van der Waals surface area contributed by atoms with Gasteiger partial charge in [0.1, 0.15) is 0 Å². The van der Waals surface area contributed by atoms with Gasteiger partial charge in [-0.05, 0) is 62.8 Å². The van der Waals surface area contributed by atoms with E-state index >= 15 is 0 Å². The highest BCUT2D eigenvalue weighted by atomic mass is 32.2. The third-order valence-electron chi connectivity index (χ3n) is 4.87. The molecule has 1 aromatic heterocycles. The molecule has 1 aliphatic heterocycles. The number of aryl methyl sites for hydroxylation is 2. The molecule has 1 N–H and O–H groups in total. The summed E-state index contributed by atoms with van der Waals surface area (Å²) in [6.45, 7) is 8.98. The molecule has 0 amide bonds. The molecule has 0 radical (unpaired) electrons. The molecule has 2 aromatic rings. The van der Waals surface area contributed by atoms with E-state index in [0.29, 0.717) is 17.1 Å². The van der Waals surface area contributed by atoms with Gasteiger partial charge in [-0.25, -0.2) is 8.42 Å². The van der Waals surface area contributed by atoms with E-state index in [-0.39, 0.29) is 6.10 Å². The van der Waals surface area contributed by atoms with Crippen molar-refractivity contribution in [3.8, 4) is 0 Å². The van der Waals surface area contributed by atoms with Crippen LogP contribution in [0.2, 0.25) is 0 Å². The van der Waals surface area contributed by atoms with Gasteiger partial charge in [0.25, 0.3) is 10.0 Å². The average Bonchev–Trinajstić information content (AvgIpc) is 3.17. The van der Waals surface area contributed by atoms with Crippen LogP contribution in [0.25, 0.3) is 0 Å². The standard InChI is InChI=1S/C18H25N3O3S/c1-12-8-13(2)15(4)18(14(12)3)25(22,23)20-16-9-19-21(10-16)11-17-6-5-7-24-17/h8-10,17,20H,5-7,11H2,1-4H3/t17-/m1/s1. The second-order valence-electron chi connectivity index (χ2n) is 6.78. The first-order valence-corrected chi connectivity index (χ1v) is 10.0. The third kappa shape index (κ3) is 3.72. The molecule has 1 saturated heterocycles. The molecule has 6 nitrogen and oxygen atoms in total. The minimum atomic E-state index is -3.67. The fraction of sp³-hybridized carbons (Fsp3) is 0.500. The largest absolute Gasteiger partial charge is 0.376 e. The van der Waals surface area contributed by atoms with Crippen LogP contribution in [-0.4, -0.2) is 30.9 Å². The molecule has 0 aliphatic carbocycles. The van der Waals surface area contributed by atoms with Crippen LogP contribution >= 0.6 is 0 Å². The summed E-state index contributed by atoms with van der Waals surface area (Å²) < 4.78 is 35.8. The highest BCUT2D eigenvalue weighted by Gasteiger charge is 2.23. The lowest BCUT2D eigenvalue weighted by atomic mass is 10.0. The number of nitrogens with one attached hydrogen (secondary N) is 1. The Morgan fingerprint density at radius 3 is 2.52 bits per heavy atom. The molecule has 7 heteroatoms. The van der Waals surface area contributed by atoms with Crippen LogP contribution in [0, 0.1) is 27.7 Å². The molecule has 3 rings (SSSR count). The van der Waals surface area contributed by atoms with Crippen molar-refractivity contribution in [2.45, 2.75) is 58.1 Å². The zero-order valence-electron chi connectivity index (χ0n) is 15.2. The van der Waals surface area contributed by atoms with Crippen LogP contribution in [0.3, 0.4) is 0 Å². The number of hydrogen-bond acceptors (Lipinski definition) is 4. The molecule has 1 atom stereocenters. The van der Waals surface area contributed by atoms with Gasteiger partial charge >= 0.3 is 0 Å². The minimum absolute atomic E-state index is 0.160. The van der Waals surface area contributed by atoms with E-state index in [2.05, 4.69) is 9.82 Å². The van der Waals surface area contributed by atoms with Gasteiger partial charge in [0.15, 0.2) is 0 Å². The number of anilines is 1. The molecule has 25 heavy (non-hydrogen) atoms. The number of benzene rings is 1. The van der Waals surface area contributed by atoms with Crippen LogP contribution in [0.5, 0.6) is 0 Å². The van der Waals surface area contributed by atoms with Crippen LogP contribution in [0.15, 0.2) is 23.4 Å². The molecule has 1 fully saturated rings. The van der Waals surface area contributed by atoms with E-state index in [9.17, 15) is 8.42 Å². The molecule has 0 bridgehead atoms. The smallest absolute Gasteiger partial charge is 0.262 e. The third-order valence-corrected chi connectivity index (χ3v) is 6.52. The number of rotatable bonds is 5. The van der Waals surface area contributed by atoms with Crippen LogP contribution in [0.1, 0.15) is 35.1 Å². The Balaban J connectivity index is 1.84. The summed E-state index contributed by atoms with van der Waals surface area (Å²) in [6.07, 6.45) is 5.50. The number of aromatic nitrogens is 2. The Bertz CT molecular complexity index is 855. The summed E-state index contributed by atoms with van der Waals surface area (Å²) in [5, 5.41) is 4.25. The maximum Gasteiger partial charge on any atom is 0.262 e. The first kappa shape index (κ1) is 17.9. The Morgan fingerprint density at radius 2 is 1.92 bits per heavy atom. The Morgan fingerprint density at radius 1 is 1.24 bits per heavy atom. The Hall–Kier alpha value is -1.86. The highest BCUT2D eigenvalue weighted by molar-refractivity contribution is 7.92. The van der Waals surface area contributed by atoms with Crippen LogP contribution in [-0.2, 0) is 21.3 Å². The predicted octanol–water partition coefficient (Wildman–Crippen LogP) is 3.10. The maximum absolute atomic E-state index is 12.9. The zero-order chi connectivity index (χ0) is 18.2. The Labute approximate surface area is 149 Å². The monoisotopic (exact) mass is 363 g/mol. The quantitative estimate of drug-likeness (QED) is 0.886. The summed E-state index contributed by atoms with van der Waals surface area (Å²) in [7, 11) is -3.67. The van der Waals surface area contributed by atoms with Crippen LogP contribution in [0.4, 0.5) is 5.69 Å². The lowest BCUT2D eigenvalue weighted by Crippen LogP contribution is -2.17. The fourth-order valence-corrected chi connectivity index (χ4v) is 4.95. The molecule has 0 saturated carbocycles. The lowest BCUT2D eigenvalue weighted by molar-refractivity contribution is 0.0940. The molecule has 0 spiro atoms. The zero-order valence-corrected chi connectivity index (χ0v) is 16.0. The topological polar surface area (TPSA) is 73.2 Å². The van der Waals surface area contributed by atoms with Gasteiger partial charge in [-0.3, -0.25) is 9.40 Å². The van der Waals surface area contributed by atoms with E-state index in [0.717, 1.165) is 41.7 Å². The average molecular weight is 363 g/mol. The van der Waals surface area contributed by atoms with E-state index in [4.69, 9.17) is 4.74 Å². The summed E-state index contributed by atoms with van der Waals surface area (Å²) in [4.78, 5) is 0.358. The van der Waals surface area contributed by atoms with Crippen molar-refractivity contribution in [2.75, 3.05) is 11.3 Å². The SMILES string of the molecule is Cc1cc(C)c(C)c(S(=O)(=O)Nc2cnn(C[C@H]3CCCO3)c2)c1C. The van der Waals surface area contributed by atoms with Crippen molar-refractivity contribution in [3.05, 3.63) is 40.7 Å². The fourth-order valence-electron chi connectivity index (χ4n) is 3.30. The Kier molecular flexibility index (Phi) is 4.88. The molecular weight excluding hydrogens is 338 g/mol. The van der Waals surface area contributed by atoms with Crippen molar-refractivity contribution in [3.63, 3.8) is 0 Å². The van der Waals surface area contributed by atoms with E-state index in [1.165, 1.54) is 0 Å². The summed E-state index contributed by atoms with van der Waals surface area (Å²) in [6, 6.07) is 2.02. The molecule has 1 aliphatic rings. The molecule has 0 unspecified atom stereocenters. The molecular formula is C18H25N3O3S. The van der Waals surface area contributed by atoms with Gasteiger partial charge in [0.05, 0.1) is 29.4 Å². The first-order chi connectivity index (χ1) is 11.8. The van der Waals surface area contributed by atoms with Gasteiger partial charge in [0.2, 0.25) is 0 Å². The normalized spacial score (nSPS) is 17.8. The van der Waals surface area contributed by atoms with Gasteiger partial charge in [-0.15, -0.1) is 0 Å². The highest BCUT2D eigenvalue weighted by Crippen LogP contribution is 2.27. The van der Waals surface area contributed by atoms with Gasteiger partial charge in [-0.2, -0.15) is 5.10 Å². The van der Waals surface area contributed by atoms with Crippen molar-refractivity contribution in [2.24, 2.45) is 0 Å². The lowest BCUT2D eigenvalue weighted by Gasteiger charge is -2.16. The van der Waals surface area contributed by atoms with Crippen molar-refractivity contribution < 1.29 is 13.2 Å². The predicted molar refractivity (Wildman–Crippen MR) is 97.4 cm³/mol. The van der Waals surface area contributed by atoms with Crippen LogP contribution < -0.4 is 4.72 Å². The van der Waals surface area contributed by atoms with Gasteiger partial charge in [0, 0.05) is 12.8 Å². The maximum atomic E-state index is 12.9.